The molecule has 0 saturated carbocycles. The molecule has 3 aromatic rings. The summed E-state index contributed by atoms with van der Waals surface area (Å²) in [6, 6.07) is 8.25. The highest BCUT2D eigenvalue weighted by Crippen LogP contribution is 2.25. The first kappa shape index (κ1) is 17.1. The number of hydrogen-bond donors (Lipinski definition) is 1. The zero-order chi connectivity index (χ0) is 17.9. The summed E-state index contributed by atoms with van der Waals surface area (Å²) in [6.07, 6.45) is 2.67. The van der Waals surface area contributed by atoms with Crippen LogP contribution in [-0.2, 0) is 11.2 Å². The molecule has 0 amide bonds. The molecule has 7 nitrogen and oxygen atoms in total. The van der Waals surface area contributed by atoms with Gasteiger partial charge < -0.3 is 14.5 Å². The van der Waals surface area contributed by atoms with E-state index in [1.54, 1.807) is 6.20 Å². The van der Waals surface area contributed by atoms with Crippen molar-refractivity contribution in [2.75, 3.05) is 38.2 Å². The molecular weight excluding hydrogens is 330 g/mol. The minimum absolute atomic E-state index is 0.149. The van der Waals surface area contributed by atoms with Gasteiger partial charge in [0.1, 0.15) is 17.3 Å². The third-order valence-corrected chi connectivity index (χ3v) is 4.83. The van der Waals surface area contributed by atoms with Crippen molar-refractivity contribution < 1.29 is 9.15 Å². The molecule has 4 heterocycles. The van der Waals surface area contributed by atoms with Gasteiger partial charge in [0, 0.05) is 37.5 Å². The number of fused-ring (bicyclic) bond motifs is 1. The molecule has 1 saturated heterocycles. The molecule has 1 N–H and O–H groups in total. The van der Waals surface area contributed by atoms with E-state index in [1.165, 1.54) is 0 Å². The Kier molecular flexibility index (Phi) is 4.90. The van der Waals surface area contributed by atoms with Crippen LogP contribution in [0.2, 0.25) is 0 Å². The Morgan fingerprint density at radius 1 is 1.23 bits per heavy atom. The van der Waals surface area contributed by atoms with Crippen molar-refractivity contribution in [3.63, 3.8) is 0 Å². The fourth-order valence-corrected chi connectivity index (χ4v) is 3.40. The normalized spacial score (nSPS) is 16.8. The quantitative estimate of drug-likeness (QED) is 0.733. The van der Waals surface area contributed by atoms with Crippen molar-refractivity contribution in [2.45, 2.75) is 26.3 Å². The SMILES string of the molecule is CCc1cc(NCC(c2ccc(C)o2)N2CCOCC2)n2nccc2n1. The van der Waals surface area contributed by atoms with E-state index in [0.29, 0.717) is 0 Å². The summed E-state index contributed by atoms with van der Waals surface area (Å²) in [6.45, 7) is 8.15. The lowest BCUT2D eigenvalue weighted by atomic mass is 10.1. The Balaban J connectivity index is 1.59. The van der Waals surface area contributed by atoms with Gasteiger partial charge >= 0.3 is 0 Å². The van der Waals surface area contributed by atoms with Crippen LogP contribution in [0.25, 0.3) is 5.65 Å². The van der Waals surface area contributed by atoms with E-state index < -0.39 is 0 Å². The Morgan fingerprint density at radius 2 is 2.08 bits per heavy atom. The van der Waals surface area contributed by atoms with Gasteiger partial charge in [-0.05, 0) is 25.5 Å². The van der Waals surface area contributed by atoms with Crippen LogP contribution < -0.4 is 5.32 Å². The lowest BCUT2D eigenvalue weighted by Gasteiger charge is -2.33. The maximum absolute atomic E-state index is 5.95. The van der Waals surface area contributed by atoms with Crippen LogP contribution in [0.4, 0.5) is 5.82 Å². The van der Waals surface area contributed by atoms with Crippen molar-refractivity contribution >= 4 is 11.5 Å². The smallest absolute Gasteiger partial charge is 0.157 e. The molecule has 1 aliphatic heterocycles. The Morgan fingerprint density at radius 3 is 2.81 bits per heavy atom. The van der Waals surface area contributed by atoms with Crippen molar-refractivity contribution in [3.05, 3.63) is 47.7 Å². The molecular formula is C19H25N5O2. The zero-order valence-electron chi connectivity index (χ0n) is 15.3. The van der Waals surface area contributed by atoms with Gasteiger partial charge in [-0.1, -0.05) is 6.92 Å². The number of hydrogen-bond acceptors (Lipinski definition) is 6. The second-order valence-electron chi connectivity index (χ2n) is 6.58. The molecule has 0 spiro atoms. The number of anilines is 1. The first-order chi connectivity index (χ1) is 12.7. The molecule has 0 aromatic carbocycles. The minimum atomic E-state index is 0.149. The van der Waals surface area contributed by atoms with Gasteiger partial charge in [-0.2, -0.15) is 9.61 Å². The van der Waals surface area contributed by atoms with E-state index in [2.05, 4.69) is 39.4 Å². The highest BCUT2D eigenvalue weighted by molar-refractivity contribution is 5.49. The molecule has 0 aliphatic carbocycles. The Bertz CT molecular complexity index is 866. The molecule has 4 rings (SSSR count). The molecule has 1 unspecified atom stereocenters. The predicted octanol–water partition coefficient (Wildman–Crippen LogP) is 2.68. The number of furan rings is 1. The fourth-order valence-electron chi connectivity index (χ4n) is 3.40. The molecule has 138 valence electrons. The van der Waals surface area contributed by atoms with Gasteiger partial charge in [-0.25, -0.2) is 4.98 Å². The van der Waals surface area contributed by atoms with Crippen LogP contribution in [0.15, 0.2) is 34.9 Å². The number of morpholine rings is 1. The second kappa shape index (κ2) is 7.47. The highest BCUT2D eigenvalue weighted by atomic mass is 16.5. The monoisotopic (exact) mass is 355 g/mol. The lowest BCUT2D eigenvalue weighted by molar-refractivity contribution is 0.0143. The van der Waals surface area contributed by atoms with E-state index in [0.717, 1.165) is 67.9 Å². The van der Waals surface area contributed by atoms with Crippen LogP contribution in [0.3, 0.4) is 0 Å². The molecule has 1 aliphatic rings. The van der Waals surface area contributed by atoms with Crippen molar-refractivity contribution in [1.82, 2.24) is 19.5 Å². The van der Waals surface area contributed by atoms with Gasteiger partial charge in [0.15, 0.2) is 5.65 Å². The average Bonchev–Trinajstić information content (AvgIpc) is 3.31. The fraction of sp³-hybridized carbons (Fsp3) is 0.474. The summed E-state index contributed by atoms with van der Waals surface area (Å²) in [5.41, 5.74) is 1.92. The van der Waals surface area contributed by atoms with E-state index in [4.69, 9.17) is 9.15 Å². The minimum Gasteiger partial charge on any atom is -0.465 e. The molecule has 1 fully saturated rings. The highest BCUT2D eigenvalue weighted by Gasteiger charge is 2.25. The van der Waals surface area contributed by atoms with Crippen LogP contribution in [0.1, 0.15) is 30.2 Å². The van der Waals surface area contributed by atoms with E-state index in [1.807, 2.05) is 23.6 Å². The number of ether oxygens (including phenoxy) is 1. The van der Waals surface area contributed by atoms with E-state index >= 15 is 0 Å². The maximum Gasteiger partial charge on any atom is 0.157 e. The Labute approximate surface area is 153 Å². The van der Waals surface area contributed by atoms with Gasteiger partial charge in [0.05, 0.1) is 25.5 Å². The number of rotatable bonds is 6. The van der Waals surface area contributed by atoms with Gasteiger partial charge in [0.25, 0.3) is 0 Å². The van der Waals surface area contributed by atoms with Gasteiger partial charge in [-0.15, -0.1) is 0 Å². The molecule has 0 bridgehead atoms. The average molecular weight is 355 g/mol. The standard InChI is InChI=1S/C19H25N5O2/c1-3-15-12-19(24-18(22-15)6-7-21-24)20-13-16(17-5-4-14(2)26-17)23-8-10-25-11-9-23/h4-7,12,16,20H,3,8-11,13H2,1-2H3. The lowest BCUT2D eigenvalue weighted by Crippen LogP contribution is -2.41. The van der Waals surface area contributed by atoms with Crippen LogP contribution in [0, 0.1) is 6.92 Å². The third-order valence-electron chi connectivity index (χ3n) is 4.83. The van der Waals surface area contributed by atoms with Crippen LogP contribution in [0.5, 0.6) is 0 Å². The molecule has 3 aromatic heterocycles. The molecule has 1 atom stereocenters. The number of nitrogens with one attached hydrogen (secondary N) is 1. The third kappa shape index (κ3) is 3.45. The molecule has 26 heavy (non-hydrogen) atoms. The van der Waals surface area contributed by atoms with Crippen LogP contribution >= 0.6 is 0 Å². The largest absolute Gasteiger partial charge is 0.465 e. The topological polar surface area (TPSA) is 67.8 Å². The first-order valence-electron chi connectivity index (χ1n) is 9.20. The van der Waals surface area contributed by atoms with Crippen molar-refractivity contribution in [1.29, 1.82) is 0 Å². The maximum atomic E-state index is 5.95. The predicted molar refractivity (Wildman–Crippen MR) is 99.4 cm³/mol. The second-order valence-corrected chi connectivity index (χ2v) is 6.58. The summed E-state index contributed by atoms with van der Waals surface area (Å²) in [7, 11) is 0. The van der Waals surface area contributed by atoms with Crippen LogP contribution in [-0.4, -0.2) is 52.3 Å². The zero-order valence-corrected chi connectivity index (χ0v) is 15.3. The number of nitrogens with zero attached hydrogens (tertiary/aromatic N) is 4. The van der Waals surface area contributed by atoms with Crippen molar-refractivity contribution in [3.8, 4) is 0 Å². The Hall–Kier alpha value is -2.38. The van der Waals surface area contributed by atoms with E-state index in [9.17, 15) is 0 Å². The molecule has 7 heteroatoms. The molecule has 0 radical (unpaired) electrons. The summed E-state index contributed by atoms with van der Waals surface area (Å²) < 4.78 is 13.3. The summed E-state index contributed by atoms with van der Waals surface area (Å²) in [5, 5.41) is 7.97. The summed E-state index contributed by atoms with van der Waals surface area (Å²) in [5.74, 6) is 2.88. The van der Waals surface area contributed by atoms with Gasteiger partial charge in [-0.3, -0.25) is 4.90 Å². The van der Waals surface area contributed by atoms with Crippen molar-refractivity contribution in [2.24, 2.45) is 0 Å². The summed E-state index contributed by atoms with van der Waals surface area (Å²) >= 11 is 0. The van der Waals surface area contributed by atoms with E-state index in [-0.39, 0.29) is 6.04 Å². The first-order valence-corrected chi connectivity index (χ1v) is 9.20. The van der Waals surface area contributed by atoms with Gasteiger partial charge in [0.2, 0.25) is 0 Å². The number of aromatic nitrogens is 3. The summed E-state index contributed by atoms with van der Waals surface area (Å²) in [4.78, 5) is 7.02. The number of aryl methyl sites for hydroxylation is 2.